The van der Waals surface area contributed by atoms with Crippen molar-refractivity contribution in [2.24, 2.45) is 11.8 Å². The quantitative estimate of drug-likeness (QED) is 0.701. The Morgan fingerprint density at radius 2 is 1.76 bits per heavy atom. The number of fused-ring (bicyclic) bond motifs is 2. The SMILES string of the molecule is CC(C)C(=O)C[C@H]1CC[C@H](c2nccc(N3C4CCC3CN(C(C)S)C4)n2)CC1. The molecule has 6 heteroatoms. The van der Waals surface area contributed by atoms with Gasteiger partial charge in [-0.05, 0) is 57.4 Å². The van der Waals surface area contributed by atoms with E-state index in [-0.39, 0.29) is 5.92 Å². The summed E-state index contributed by atoms with van der Waals surface area (Å²) < 4.78 is 0. The molecule has 3 unspecified atom stereocenters. The number of aromatic nitrogens is 2. The predicted molar refractivity (Wildman–Crippen MR) is 121 cm³/mol. The monoisotopic (exact) mass is 416 g/mol. The molecule has 5 nitrogen and oxygen atoms in total. The van der Waals surface area contributed by atoms with Crippen molar-refractivity contribution in [2.45, 2.75) is 89.1 Å². The predicted octanol–water partition coefficient (Wildman–Crippen LogP) is 4.29. The number of hydrogen-bond acceptors (Lipinski definition) is 6. The van der Waals surface area contributed by atoms with Gasteiger partial charge in [-0.1, -0.05) is 13.8 Å². The summed E-state index contributed by atoms with van der Waals surface area (Å²) in [5.41, 5.74) is 0. The fraction of sp³-hybridized carbons (Fsp3) is 0.783. The molecule has 3 fully saturated rings. The van der Waals surface area contributed by atoms with Crippen LogP contribution in [0.5, 0.6) is 0 Å². The molecule has 2 bridgehead atoms. The molecule has 0 aromatic carbocycles. The van der Waals surface area contributed by atoms with Gasteiger partial charge in [0.1, 0.15) is 17.4 Å². The standard InChI is InChI=1S/C23H36N4OS/c1-15(2)21(28)12-17-4-6-18(7-5-17)23-24-11-10-22(25-23)27-19-8-9-20(27)14-26(13-19)16(3)29/h10-11,15-20,29H,4-9,12-14H2,1-3H3/t16?,17-,18-,19?,20?. The highest BCUT2D eigenvalue weighted by atomic mass is 32.1. The Morgan fingerprint density at radius 3 is 2.34 bits per heavy atom. The maximum atomic E-state index is 12.1. The second-order valence-electron chi connectivity index (χ2n) is 9.69. The van der Waals surface area contributed by atoms with E-state index >= 15 is 0 Å². The molecule has 0 radical (unpaired) electrons. The number of thiol groups is 1. The molecule has 4 rings (SSSR count). The first-order valence-electron chi connectivity index (χ1n) is 11.5. The number of carbonyl (C=O) groups excluding carboxylic acids is 1. The van der Waals surface area contributed by atoms with Crippen LogP contribution in [0, 0.1) is 11.8 Å². The Morgan fingerprint density at radius 1 is 1.10 bits per heavy atom. The van der Waals surface area contributed by atoms with E-state index in [0.29, 0.717) is 35.1 Å². The molecule has 1 saturated carbocycles. The molecular weight excluding hydrogens is 380 g/mol. The largest absolute Gasteiger partial charge is 0.348 e. The Balaban J connectivity index is 1.40. The van der Waals surface area contributed by atoms with Gasteiger partial charge in [0.05, 0.1) is 5.37 Å². The van der Waals surface area contributed by atoms with Crippen molar-refractivity contribution in [3.05, 3.63) is 18.1 Å². The molecule has 2 saturated heterocycles. The van der Waals surface area contributed by atoms with Gasteiger partial charge in [0.15, 0.2) is 0 Å². The molecule has 0 N–H and O–H groups in total. The molecule has 0 amide bonds. The first-order valence-corrected chi connectivity index (χ1v) is 12.0. The lowest BCUT2D eigenvalue weighted by Crippen LogP contribution is -2.55. The van der Waals surface area contributed by atoms with Crippen LogP contribution in [-0.2, 0) is 4.79 Å². The summed E-state index contributed by atoms with van der Waals surface area (Å²) in [6.45, 7) is 8.35. The summed E-state index contributed by atoms with van der Waals surface area (Å²) in [5.74, 6) is 3.70. The van der Waals surface area contributed by atoms with Crippen LogP contribution in [0.2, 0.25) is 0 Å². The number of piperazine rings is 1. The zero-order chi connectivity index (χ0) is 20.5. The highest BCUT2D eigenvalue weighted by Gasteiger charge is 2.41. The molecule has 1 aromatic heterocycles. The fourth-order valence-electron chi connectivity index (χ4n) is 5.46. The van der Waals surface area contributed by atoms with Gasteiger partial charge in [0, 0.05) is 49.6 Å². The van der Waals surface area contributed by atoms with E-state index in [1.807, 2.05) is 20.0 Å². The third kappa shape index (κ3) is 4.63. The van der Waals surface area contributed by atoms with Gasteiger partial charge in [-0.15, -0.1) is 0 Å². The van der Waals surface area contributed by atoms with E-state index in [0.717, 1.165) is 56.8 Å². The minimum Gasteiger partial charge on any atom is -0.348 e. The second-order valence-corrected chi connectivity index (χ2v) is 10.4. The molecule has 0 spiro atoms. The number of rotatable bonds is 6. The molecule has 160 valence electrons. The van der Waals surface area contributed by atoms with E-state index in [1.165, 1.54) is 12.8 Å². The van der Waals surface area contributed by atoms with Crippen LogP contribution in [0.25, 0.3) is 0 Å². The van der Waals surface area contributed by atoms with Crippen molar-refractivity contribution in [1.29, 1.82) is 0 Å². The third-order valence-corrected chi connectivity index (χ3v) is 7.64. The first kappa shape index (κ1) is 21.1. The van der Waals surface area contributed by atoms with Crippen molar-refractivity contribution in [3.63, 3.8) is 0 Å². The first-order chi connectivity index (χ1) is 13.9. The zero-order valence-corrected chi connectivity index (χ0v) is 19.0. The number of carbonyl (C=O) groups is 1. The molecule has 3 aliphatic rings. The maximum absolute atomic E-state index is 12.1. The molecule has 3 atom stereocenters. The van der Waals surface area contributed by atoms with Gasteiger partial charge in [-0.2, -0.15) is 12.6 Å². The van der Waals surface area contributed by atoms with Crippen LogP contribution < -0.4 is 4.90 Å². The lowest BCUT2D eigenvalue weighted by Gasteiger charge is -2.43. The van der Waals surface area contributed by atoms with E-state index in [9.17, 15) is 4.79 Å². The zero-order valence-electron chi connectivity index (χ0n) is 18.1. The van der Waals surface area contributed by atoms with Crippen LogP contribution in [0.3, 0.4) is 0 Å². The van der Waals surface area contributed by atoms with Gasteiger partial charge >= 0.3 is 0 Å². The average Bonchev–Trinajstić information content (AvgIpc) is 2.97. The highest BCUT2D eigenvalue weighted by Crippen LogP contribution is 2.38. The number of Topliss-reactive ketones (excluding diaryl/α,β-unsaturated/α-hetero) is 1. The topological polar surface area (TPSA) is 49.3 Å². The summed E-state index contributed by atoms with van der Waals surface area (Å²) in [6, 6.07) is 3.19. The Labute approximate surface area is 181 Å². The van der Waals surface area contributed by atoms with Gasteiger partial charge in [-0.25, -0.2) is 9.97 Å². The minimum absolute atomic E-state index is 0.161. The molecule has 29 heavy (non-hydrogen) atoms. The third-order valence-electron chi connectivity index (χ3n) is 7.31. The van der Waals surface area contributed by atoms with Gasteiger partial charge in [0.25, 0.3) is 0 Å². The summed E-state index contributed by atoms with van der Waals surface area (Å²) in [5, 5.41) is 0.318. The Bertz CT molecular complexity index is 703. The number of likely N-dealkylation sites (tertiary alicyclic amines) is 1. The Hall–Kier alpha value is -1.14. The molecular formula is C23H36N4OS. The van der Waals surface area contributed by atoms with Crippen molar-refractivity contribution in [1.82, 2.24) is 14.9 Å². The van der Waals surface area contributed by atoms with E-state index in [4.69, 9.17) is 4.98 Å². The van der Waals surface area contributed by atoms with Crippen LogP contribution in [-0.4, -0.2) is 51.2 Å². The lowest BCUT2D eigenvalue weighted by atomic mass is 9.78. The van der Waals surface area contributed by atoms with Crippen LogP contribution in [0.15, 0.2) is 12.3 Å². The fourth-order valence-corrected chi connectivity index (χ4v) is 5.65. The number of hydrogen-bond donors (Lipinski definition) is 1. The number of anilines is 1. The van der Waals surface area contributed by atoms with Crippen molar-refractivity contribution in [2.75, 3.05) is 18.0 Å². The minimum atomic E-state index is 0.161. The summed E-state index contributed by atoms with van der Waals surface area (Å²) >= 11 is 4.65. The molecule has 1 aliphatic carbocycles. The van der Waals surface area contributed by atoms with Crippen LogP contribution >= 0.6 is 12.6 Å². The van der Waals surface area contributed by atoms with Crippen molar-refractivity contribution in [3.8, 4) is 0 Å². The summed E-state index contributed by atoms with van der Waals surface area (Å²) in [6.07, 6.45) is 9.67. The smallest absolute Gasteiger partial charge is 0.135 e. The summed E-state index contributed by atoms with van der Waals surface area (Å²) in [7, 11) is 0. The molecule has 1 aromatic rings. The second kappa shape index (κ2) is 8.93. The van der Waals surface area contributed by atoms with Gasteiger partial charge in [-0.3, -0.25) is 9.69 Å². The Kier molecular flexibility index (Phi) is 6.50. The molecule has 3 heterocycles. The molecule has 2 aliphatic heterocycles. The van der Waals surface area contributed by atoms with Crippen molar-refractivity contribution >= 4 is 24.2 Å². The van der Waals surface area contributed by atoms with Gasteiger partial charge in [0.2, 0.25) is 0 Å². The average molecular weight is 417 g/mol. The van der Waals surface area contributed by atoms with E-state index < -0.39 is 0 Å². The number of ketones is 1. The van der Waals surface area contributed by atoms with Crippen molar-refractivity contribution < 1.29 is 4.79 Å². The van der Waals surface area contributed by atoms with E-state index in [2.05, 4.69) is 40.4 Å². The summed E-state index contributed by atoms with van der Waals surface area (Å²) in [4.78, 5) is 26.8. The van der Waals surface area contributed by atoms with Crippen LogP contribution in [0.4, 0.5) is 5.82 Å². The maximum Gasteiger partial charge on any atom is 0.135 e. The van der Waals surface area contributed by atoms with Gasteiger partial charge < -0.3 is 4.90 Å². The lowest BCUT2D eigenvalue weighted by molar-refractivity contribution is -0.123. The normalized spacial score (nSPS) is 31.3. The van der Waals surface area contributed by atoms with Crippen LogP contribution in [0.1, 0.15) is 77.5 Å². The highest BCUT2D eigenvalue weighted by molar-refractivity contribution is 7.80. The number of nitrogens with zero attached hydrogens (tertiary/aromatic N) is 4. The van der Waals surface area contributed by atoms with E-state index in [1.54, 1.807) is 0 Å².